The van der Waals surface area contributed by atoms with Gasteiger partial charge in [0.15, 0.2) is 0 Å². The molecule has 1 aliphatic heterocycles. The van der Waals surface area contributed by atoms with Gasteiger partial charge in [-0.3, -0.25) is 9.69 Å². The van der Waals surface area contributed by atoms with Crippen molar-refractivity contribution in [3.8, 4) is 0 Å². The number of amides is 1. The molecule has 0 saturated carbocycles. The number of hydrogen-bond donors (Lipinski definition) is 0. The zero-order valence-corrected chi connectivity index (χ0v) is 12.6. The predicted molar refractivity (Wildman–Crippen MR) is 82.5 cm³/mol. The summed E-state index contributed by atoms with van der Waals surface area (Å²) in [5.74, 6) is -0.00165. The molecule has 1 fully saturated rings. The third-order valence-corrected chi connectivity index (χ3v) is 4.04. The standard InChI is InChI=1S/C17H23FN2O/c1-3-9-20-12-11-19(10-8-17(20)21)14(2)13-15-4-6-16(18)7-5-15/h3-7,14H,1,8-13H2,2H3. The van der Waals surface area contributed by atoms with Gasteiger partial charge in [-0.15, -0.1) is 6.58 Å². The molecular weight excluding hydrogens is 267 g/mol. The quantitative estimate of drug-likeness (QED) is 0.778. The fraction of sp³-hybridized carbons (Fsp3) is 0.471. The summed E-state index contributed by atoms with van der Waals surface area (Å²) in [6.07, 6.45) is 3.20. The molecule has 2 rings (SSSR count). The Morgan fingerprint density at radius 2 is 2.00 bits per heavy atom. The number of carbonyl (C=O) groups is 1. The molecule has 3 nitrogen and oxygen atoms in total. The largest absolute Gasteiger partial charge is 0.338 e. The molecule has 1 unspecified atom stereocenters. The highest BCUT2D eigenvalue weighted by atomic mass is 19.1. The van der Waals surface area contributed by atoms with E-state index >= 15 is 0 Å². The van der Waals surface area contributed by atoms with Gasteiger partial charge in [-0.2, -0.15) is 0 Å². The number of hydrogen-bond acceptors (Lipinski definition) is 2. The molecule has 1 atom stereocenters. The van der Waals surface area contributed by atoms with Gasteiger partial charge in [-0.25, -0.2) is 4.39 Å². The van der Waals surface area contributed by atoms with Crippen molar-refractivity contribution in [2.45, 2.75) is 25.8 Å². The van der Waals surface area contributed by atoms with Crippen LogP contribution in [0.25, 0.3) is 0 Å². The van der Waals surface area contributed by atoms with E-state index in [2.05, 4.69) is 18.4 Å². The number of benzene rings is 1. The highest BCUT2D eigenvalue weighted by molar-refractivity contribution is 5.76. The predicted octanol–water partition coefficient (Wildman–Crippen LogP) is 2.48. The van der Waals surface area contributed by atoms with Gasteiger partial charge in [0.05, 0.1) is 0 Å². The molecule has 1 heterocycles. The minimum absolute atomic E-state index is 0.200. The number of carbonyl (C=O) groups excluding carboxylic acids is 1. The van der Waals surface area contributed by atoms with E-state index in [9.17, 15) is 9.18 Å². The van der Waals surface area contributed by atoms with E-state index in [0.29, 0.717) is 19.0 Å². The minimum atomic E-state index is -0.202. The van der Waals surface area contributed by atoms with Crippen LogP contribution in [0.5, 0.6) is 0 Å². The van der Waals surface area contributed by atoms with Gasteiger partial charge >= 0.3 is 0 Å². The Morgan fingerprint density at radius 1 is 1.29 bits per heavy atom. The molecule has 0 N–H and O–H groups in total. The molecule has 0 radical (unpaired) electrons. The number of rotatable bonds is 5. The summed E-state index contributed by atoms with van der Waals surface area (Å²) in [5.41, 5.74) is 1.13. The van der Waals surface area contributed by atoms with Gasteiger partial charge in [-0.05, 0) is 31.0 Å². The molecule has 1 amide bonds. The van der Waals surface area contributed by atoms with Crippen LogP contribution in [0.15, 0.2) is 36.9 Å². The molecule has 4 heteroatoms. The van der Waals surface area contributed by atoms with Gasteiger partial charge in [-0.1, -0.05) is 18.2 Å². The lowest BCUT2D eigenvalue weighted by atomic mass is 10.1. The van der Waals surface area contributed by atoms with Crippen molar-refractivity contribution in [1.29, 1.82) is 0 Å². The molecular formula is C17H23FN2O. The highest BCUT2D eigenvalue weighted by Gasteiger charge is 2.23. The Kier molecular flexibility index (Phi) is 5.51. The van der Waals surface area contributed by atoms with Gasteiger partial charge in [0, 0.05) is 38.6 Å². The second-order valence-electron chi connectivity index (χ2n) is 5.59. The van der Waals surface area contributed by atoms with E-state index in [1.165, 1.54) is 12.1 Å². The summed E-state index contributed by atoms with van der Waals surface area (Å²) in [6, 6.07) is 7.00. The average Bonchev–Trinajstić information content (AvgIpc) is 2.65. The van der Waals surface area contributed by atoms with Crippen LogP contribution < -0.4 is 0 Å². The summed E-state index contributed by atoms with van der Waals surface area (Å²) < 4.78 is 12.9. The Hall–Kier alpha value is -1.68. The third-order valence-electron chi connectivity index (χ3n) is 4.04. The Morgan fingerprint density at radius 3 is 2.67 bits per heavy atom. The molecule has 114 valence electrons. The fourth-order valence-electron chi connectivity index (χ4n) is 2.76. The topological polar surface area (TPSA) is 23.6 Å². The first-order valence-electron chi connectivity index (χ1n) is 7.47. The Labute approximate surface area is 126 Å². The first-order valence-corrected chi connectivity index (χ1v) is 7.47. The second kappa shape index (κ2) is 7.36. The Balaban J connectivity index is 1.93. The van der Waals surface area contributed by atoms with Crippen molar-refractivity contribution in [3.63, 3.8) is 0 Å². The van der Waals surface area contributed by atoms with Crippen LogP contribution in [0.3, 0.4) is 0 Å². The molecule has 1 aromatic carbocycles. The fourth-order valence-corrected chi connectivity index (χ4v) is 2.76. The number of nitrogens with zero attached hydrogens (tertiary/aromatic N) is 2. The van der Waals surface area contributed by atoms with Crippen molar-refractivity contribution < 1.29 is 9.18 Å². The second-order valence-corrected chi connectivity index (χ2v) is 5.59. The summed E-state index contributed by atoms with van der Waals surface area (Å²) in [4.78, 5) is 16.2. The van der Waals surface area contributed by atoms with E-state index in [0.717, 1.165) is 31.6 Å². The van der Waals surface area contributed by atoms with Crippen LogP contribution in [0.1, 0.15) is 18.9 Å². The molecule has 1 aliphatic rings. The average molecular weight is 290 g/mol. The van der Waals surface area contributed by atoms with Crippen LogP contribution in [0.4, 0.5) is 4.39 Å². The molecule has 0 aliphatic carbocycles. The monoisotopic (exact) mass is 290 g/mol. The van der Waals surface area contributed by atoms with Crippen molar-refractivity contribution in [1.82, 2.24) is 9.80 Å². The van der Waals surface area contributed by atoms with E-state index < -0.39 is 0 Å². The zero-order chi connectivity index (χ0) is 15.2. The summed E-state index contributed by atoms with van der Waals surface area (Å²) in [6.45, 7) is 8.90. The van der Waals surface area contributed by atoms with Crippen LogP contribution in [-0.4, -0.2) is 47.9 Å². The van der Waals surface area contributed by atoms with E-state index in [-0.39, 0.29) is 11.7 Å². The highest BCUT2D eigenvalue weighted by Crippen LogP contribution is 2.13. The summed E-state index contributed by atoms with van der Waals surface area (Å²) in [7, 11) is 0. The van der Waals surface area contributed by atoms with Crippen LogP contribution in [-0.2, 0) is 11.2 Å². The molecule has 1 saturated heterocycles. The zero-order valence-electron chi connectivity index (χ0n) is 12.6. The van der Waals surface area contributed by atoms with Crippen molar-refractivity contribution >= 4 is 5.91 Å². The molecule has 0 aromatic heterocycles. The summed E-state index contributed by atoms with van der Waals surface area (Å²) >= 11 is 0. The van der Waals surface area contributed by atoms with Crippen molar-refractivity contribution in [3.05, 3.63) is 48.3 Å². The maximum absolute atomic E-state index is 12.9. The molecule has 21 heavy (non-hydrogen) atoms. The summed E-state index contributed by atoms with van der Waals surface area (Å²) in [5, 5.41) is 0. The lowest BCUT2D eigenvalue weighted by molar-refractivity contribution is -0.129. The van der Waals surface area contributed by atoms with E-state index in [1.54, 1.807) is 6.08 Å². The van der Waals surface area contributed by atoms with Crippen LogP contribution in [0.2, 0.25) is 0 Å². The first kappa shape index (κ1) is 15.7. The van der Waals surface area contributed by atoms with Crippen molar-refractivity contribution in [2.75, 3.05) is 26.2 Å². The first-order chi connectivity index (χ1) is 10.1. The van der Waals surface area contributed by atoms with Gasteiger partial charge in [0.2, 0.25) is 5.91 Å². The van der Waals surface area contributed by atoms with Crippen molar-refractivity contribution in [2.24, 2.45) is 0 Å². The van der Waals surface area contributed by atoms with Crippen LogP contribution >= 0.6 is 0 Å². The Bertz CT molecular complexity index is 486. The maximum atomic E-state index is 12.9. The lowest BCUT2D eigenvalue weighted by Crippen LogP contribution is -2.38. The SMILES string of the molecule is C=CCN1CCN(C(C)Cc2ccc(F)cc2)CCC1=O. The smallest absolute Gasteiger partial charge is 0.224 e. The maximum Gasteiger partial charge on any atom is 0.224 e. The van der Waals surface area contributed by atoms with Gasteiger partial charge < -0.3 is 4.90 Å². The van der Waals surface area contributed by atoms with Gasteiger partial charge in [0.25, 0.3) is 0 Å². The van der Waals surface area contributed by atoms with E-state index in [4.69, 9.17) is 0 Å². The molecule has 1 aromatic rings. The normalized spacial score (nSPS) is 18.4. The minimum Gasteiger partial charge on any atom is -0.338 e. The molecule has 0 bridgehead atoms. The van der Waals surface area contributed by atoms with Gasteiger partial charge in [0.1, 0.15) is 5.82 Å². The molecule has 0 spiro atoms. The third kappa shape index (κ3) is 4.39. The lowest BCUT2D eigenvalue weighted by Gasteiger charge is -2.27. The number of halogens is 1. The van der Waals surface area contributed by atoms with E-state index in [1.807, 2.05) is 17.0 Å². The van der Waals surface area contributed by atoms with Crippen LogP contribution in [0, 0.1) is 5.82 Å².